The van der Waals surface area contributed by atoms with Gasteiger partial charge in [-0.2, -0.15) is 5.10 Å². The molecule has 0 heterocycles. The quantitative estimate of drug-likeness (QED) is 0.212. The van der Waals surface area contributed by atoms with Gasteiger partial charge in [0.05, 0.1) is 18.5 Å². The number of nitrogens with zero attached hydrogens (tertiary/aromatic N) is 1. The number of hydrogen-bond acceptors (Lipinski definition) is 6. The predicted molar refractivity (Wildman–Crippen MR) is 115 cm³/mol. The Morgan fingerprint density at radius 1 is 1.13 bits per heavy atom. The highest BCUT2D eigenvalue weighted by Crippen LogP contribution is 2.19. The third kappa shape index (κ3) is 8.52. The maximum Gasteiger partial charge on any atom is 0.329 e. The molecular formula is C20H20BrFN4O5. The fourth-order valence-electron chi connectivity index (χ4n) is 2.14. The molecule has 0 aliphatic rings. The lowest BCUT2D eigenvalue weighted by atomic mass is 10.2. The molecule has 0 aliphatic carbocycles. The molecule has 9 nitrogen and oxygen atoms in total. The van der Waals surface area contributed by atoms with E-state index in [-0.39, 0.29) is 18.8 Å². The Kier molecular flexibility index (Phi) is 9.59. The first-order valence-electron chi connectivity index (χ1n) is 8.97. The van der Waals surface area contributed by atoms with E-state index in [0.717, 1.165) is 0 Å². The molecule has 2 aromatic carbocycles. The summed E-state index contributed by atoms with van der Waals surface area (Å²) in [4.78, 5) is 34.9. The highest BCUT2D eigenvalue weighted by atomic mass is 79.9. The number of carbonyl (C=O) groups excluding carboxylic acids is 3. The molecule has 2 aromatic rings. The van der Waals surface area contributed by atoms with E-state index in [1.165, 1.54) is 25.5 Å². The average Bonchev–Trinajstić information content (AvgIpc) is 2.75. The Bertz CT molecular complexity index is 953. The number of methoxy groups -OCH3 is 1. The number of hydrogen-bond donors (Lipinski definition) is 3. The standard InChI is InChI=1S/C20H20BrFN4O5/c1-30-9-8-23-19(28)20(29)26-24-11-13-2-5-15(6-3-13)31-12-18(27)25-17-7-4-14(21)10-16(17)22/h2-7,10-11H,8-9,12H2,1H3,(H,23,28)(H,25,27)(H,26,29)/b24-11-. The molecule has 0 saturated carbocycles. The van der Waals surface area contributed by atoms with E-state index in [2.05, 4.69) is 37.1 Å². The van der Waals surface area contributed by atoms with Crippen molar-refractivity contribution < 1.29 is 28.2 Å². The molecule has 0 bridgehead atoms. The number of carbonyl (C=O) groups is 3. The van der Waals surface area contributed by atoms with Crippen LogP contribution >= 0.6 is 15.9 Å². The van der Waals surface area contributed by atoms with E-state index >= 15 is 0 Å². The summed E-state index contributed by atoms with van der Waals surface area (Å²) in [5.41, 5.74) is 2.78. The second kappa shape index (κ2) is 12.4. The van der Waals surface area contributed by atoms with Gasteiger partial charge in [-0.25, -0.2) is 9.82 Å². The number of halogens is 2. The summed E-state index contributed by atoms with van der Waals surface area (Å²) in [6.07, 6.45) is 1.34. The lowest BCUT2D eigenvalue weighted by Gasteiger charge is -2.08. The first-order valence-corrected chi connectivity index (χ1v) is 9.76. The summed E-state index contributed by atoms with van der Waals surface area (Å²) >= 11 is 3.14. The van der Waals surface area contributed by atoms with E-state index in [0.29, 0.717) is 22.4 Å². The van der Waals surface area contributed by atoms with Crippen molar-refractivity contribution in [3.05, 3.63) is 58.3 Å². The second-order valence-corrected chi connectivity index (χ2v) is 6.89. The lowest BCUT2D eigenvalue weighted by Crippen LogP contribution is -2.39. The highest BCUT2D eigenvalue weighted by Gasteiger charge is 2.11. The van der Waals surface area contributed by atoms with Gasteiger partial charge < -0.3 is 20.1 Å². The summed E-state index contributed by atoms with van der Waals surface area (Å²) < 4.78 is 24.4. The minimum Gasteiger partial charge on any atom is -0.484 e. The number of nitrogens with one attached hydrogen (secondary N) is 3. The maximum absolute atomic E-state index is 13.7. The Hall–Kier alpha value is -3.31. The summed E-state index contributed by atoms with van der Waals surface area (Å²) in [7, 11) is 1.48. The molecule has 11 heteroatoms. The van der Waals surface area contributed by atoms with Crippen molar-refractivity contribution in [1.82, 2.24) is 10.7 Å². The van der Waals surface area contributed by atoms with Crippen molar-refractivity contribution in [1.29, 1.82) is 0 Å². The number of anilines is 1. The van der Waals surface area contributed by atoms with Gasteiger partial charge in [-0.05, 0) is 48.0 Å². The van der Waals surface area contributed by atoms with Crippen LogP contribution in [0.2, 0.25) is 0 Å². The molecule has 3 amide bonds. The Balaban J connectivity index is 1.77. The van der Waals surface area contributed by atoms with Gasteiger partial charge in [-0.15, -0.1) is 0 Å². The van der Waals surface area contributed by atoms with Crippen LogP contribution in [0.25, 0.3) is 0 Å². The van der Waals surface area contributed by atoms with Gasteiger partial charge >= 0.3 is 11.8 Å². The van der Waals surface area contributed by atoms with Gasteiger partial charge in [0.2, 0.25) is 0 Å². The normalized spacial score (nSPS) is 10.5. The number of ether oxygens (including phenoxy) is 2. The molecule has 3 N–H and O–H groups in total. The van der Waals surface area contributed by atoms with Crippen LogP contribution in [0.5, 0.6) is 5.75 Å². The number of rotatable bonds is 9. The van der Waals surface area contributed by atoms with E-state index < -0.39 is 23.5 Å². The molecule has 2 rings (SSSR count). The highest BCUT2D eigenvalue weighted by molar-refractivity contribution is 9.10. The number of amides is 3. The zero-order chi connectivity index (χ0) is 22.6. The molecule has 0 fully saturated rings. The minimum absolute atomic E-state index is 0.0535. The SMILES string of the molecule is COCCNC(=O)C(=O)N/N=C\c1ccc(OCC(=O)Nc2ccc(Br)cc2F)cc1. The Labute approximate surface area is 186 Å². The summed E-state index contributed by atoms with van der Waals surface area (Å²) in [6.45, 7) is 0.195. The van der Waals surface area contributed by atoms with E-state index in [1.807, 2.05) is 0 Å². The molecule has 31 heavy (non-hydrogen) atoms. The zero-order valence-corrected chi connectivity index (χ0v) is 18.1. The Morgan fingerprint density at radius 2 is 1.87 bits per heavy atom. The lowest BCUT2D eigenvalue weighted by molar-refractivity contribution is -0.139. The molecule has 164 valence electrons. The van der Waals surface area contributed by atoms with Crippen LogP contribution in [-0.4, -0.2) is 50.8 Å². The van der Waals surface area contributed by atoms with Crippen molar-refractivity contribution in [2.75, 3.05) is 32.2 Å². The van der Waals surface area contributed by atoms with Crippen LogP contribution < -0.4 is 20.8 Å². The molecule has 0 radical (unpaired) electrons. The third-order valence-corrected chi connectivity index (χ3v) is 4.13. The molecule has 0 saturated heterocycles. The average molecular weight is 495 g/mol. The third-order valence-electron chi connectivity index (χ3n) is 3.63. The monoisotopic (exact) mass is 494 g/mol. The minimum atomic E-state index is -0.902. The van der Waals surface area contributed by atoms with Gasteiger partial charge in [0.15, 0.2) is 6.61 Å². The molecular weight excluding hydrogens is 475 g/mol. The van der Waals surface area contributed by atoms with Crippen LogP contribution in [0.1, 0.15) is 5.56 Å². The topological polar surface area (TPSA) is 118 Å². The van der Waals surface area contributed by atoms with Crippen molar-refractivity contribution in [2.24, 2.45) is 5.10 Å². The largest absolute Gasteiger partial charge is 0.484 e. The molecule has 0 spiro atoms. The molecule has 0 atom stereocenters. The van der Waals surface area contributed by atoms with Gasteiger partial charge in [0.1, 0.15) is 11.6 Å². The fourth-order valence-corrected chi connectivity index (χ4v) is 2.47. The van der Waals surface area contributed by atoms with E-state index in [1.54, 1.807) is 30.3 Å². The van der Waals surface area contributed by atoms with Crippen molar-refractivity contribution in [3.63, 3.8) is 0 Å². The van der Waals surface area contributed by atoms with Crippen LogP contribution in [0.3, 0.4) is 0 Å². The Morgan fingerprint density at radius 3 is 2.55 bits per heavy atom. The van der Waals surface area contributed by atoms with Crippen molar-refractivity contribution >= 4 is 45.6 Å². The van der Waals surface area contributed by atoms with Crippen LogP contribution in [0.4, 0.5) is 10.1 Å². The maximum atomic E-state index is 13.7. The van der Waals surface area contributed by atoms with Crippen LogP contribution in [-0.2, 0) is 19.1 Å². The second-order valence-electron chi connectivity index (χ2n) is 5.98. The first-order chi connectivity index (χ1) is 14.9. The zero-order valence-electron chi connectivity index (χ0n) is 16.5. The summed E-state index contributed by atoms with van der Waals surface area (Å²) in [5, 5.41) is 8.48. The molecule has 0 aliphatic heterocycles. The van der Waals surface area contributed by atoms with Crippen molar-refractivity contribution in [2.45, 2.75) is 0 Å². The first kappa shape index (κ1) is 24.0. The van der Waals surface area contributed by atoms with E-state index in [9.17, 15) is 18.8 Å². The predicted octanol–water partition coefficient (Wildman–Crippen LogP) is 1.82. The van der Waals surface area contributed by atoms with Crippen LogP contribution in [0, 0.1) is 5.82 Å². The number of benzene rings is 2. The number of hydrazone groups is 1. The van der Waals surface area contributed by atoms with Gasteiger partial charge in [-0.3, -0.25) is 14.4 Å². The molecule has 0 aromatic heterocycles. The smallest absolute Gasteiger partial charge is 0.329 e. The summed E-state index contributed by atoms with van der Waals surface area (Å²) in [5.74, 6) is -2.39. The van der Waals surface area contributed by atoms with Crippen LogP contribution in [0.15, 0.2) is 52.0 Å². The van der Waals surface area contributed by atoms with Crippen molar-refractivity contribution in [3.8, 4) is 5.75 Å². The summed E-state index contributed by atoms with van der Waals surface area (Å²) in [6, 6.07) is 10.7. The fraction of sp³-hybridized carbons (Fsp3) is 0.200. The van der Waals surface area contributed by atoms with Gasteiger partial charge in [-0.1, -0.05) is 15.9 Å². The van der Waals surface area contributed by atoms with Gasteiger partial charge in [0, 0.05) is 18.1 Å². The van der Waals surface area contributed by atoms with E-state index in [4.69, 9.17) is 9.47 Å². The molecule has 0 unspecified atom stereocenters. The van der Waals surface area contributed by atoms with Gasteiger partial charge in [0.25, 0.3) is 5.91 Å².